The molecule has 5 nitrogen and oxygen atoms in total. The molecule has 1 aromatic heterocycles. The van der Waals surface area contributed by atoms with Crippen molar-refractivity contribution in [3.8, 4) is 5.75 Å². The number of thioether (sulfide) groups is 1. The van der Waals surface area contributed by atoms with Crippen molar-refractivity contribution in [2.24, 2.45) is 4.99 Å². The molecule has 0 aliphatic rings. The molecule has 0 radical (unpaired) electrons. The highest BCUT2D eigenvalue weighted by Crippen LogP contribution is 2.20. The van der Waals surface area contributed by atoms with E-state index >= 15 is 0 Å². The molecular weight excluding hydrogens is 340 g/mol. The van der Waals surface area contributed by atoms with E-state index in [1.165, 1.54) is 0 Å². The molecule has 0 aliphatic heterocycles. The minimum absolute atomic E-state index is 0.667. The van der Waals surface area contributed by atoms with Crippen LogP contribution in [0.25, 0.3) is 0 Å². The van der Waals surface area contributed by atoms with Crippen molar-refractivity contribution >= 4 is 29.1 Å². The van der Waals surface area contributed by atoms with E-state index in [0.29, 0.717) is 13.2 Å². The Bertz CT molecular complexity index is 617. The molecule has 2 aromatic rings. The summed E-state index contributed by atoms with van der Waals surface area (Å²) in [5.74, 6) is 2.77. The van der Waals surface area contributed by atoms with Gasteiger partial charge in [-0.25, -0.2) is 4.98 Å². The van der Waals surface area contributed by atoms with Crippen molar-refractivity contribution < 1.29 is 4.74 Å². The van der Waals surface area contributed by atoms with Gasteiger partial charge in [0.2, 0.25) is 0 Å². The number of rotatable bonds is 9. The minimum Gasteiger partial charge on any atom is -0.494 e. The number of ether oxygens (including phenoxy) is 1. The van der Waals surface area contributed by atoms with Gasteiger partial charge in [-0.2, -0.15) is 0 Å². The van der Waals surface area contributed by atoms with Gasteiger partial charge >= 0.3 is 0 Å². The normalized spacial score (nSPS) is 11.3. The number of nitrogens with zero attached hydrogens (tertiary/aromatic N) is 2. The van der Waals surface area contributed by atoms with Gasteiger partial charge in [-0.3, -0.25) is 4.99 Å². The summed E-state index contributed by atoms with van der Waals surface area (Å²) in [5.41, 5.74) is 1.13. The van der Waals surface area contributed by atoms with Crippen molar-refractivity contribution in [1.29, 1.82) is 0 Å². The predicted octanol–water partition coefficient (Wildman–Crippen LogP) is 3.39. The lowest BCUT2D eigenvalue weighted by Crippen LogP contribution is -2.37. The SMILES string of the molecule is CCOc1ccccc1CNC(=NC)NCCCSc1nccs1. The minimum atomic E-state index is 0.667. The number of para-hydroxylation sites is 1. The van der Waals surface area contributed by atoms with Crippen LogP contribution in [0.3, 0.4) is 0 Å². The molecular formula is C17H24N4OS2. The van der Waals surface area contributed by atoms with Gasteiger partial charge < -0.3 is 15.4 Å². The lowest BCUT2D eigenvalue weighted by Gasteiger charge is -2.14. The summed E-state index contributed by atoms with van der Waals surface area (Å²) >= 11 is 3.48. The van der Waals surface area contributed by atoms with Crippen LogP contribution in [0, 0.1) is 0 Å². The van der Waals surface area contributed by atoms with E-state index in [-0.39, 0.29) is 0 Å². The smallest absolute Gasteiger partial charge is 0.191 e. The first-order chi connectivity index (χ1) is 11.8. The van der Waals surface area contributed by atoms with Crippen molar-refractivity contribution in [2.75, 3.05) is 26.0 Å². The van der Waals surface area contributed by atoms with Crippen LogP contribution in [0.5, 0.6) is 5.75 Å². The Balaban J connectivity index is 1.69. The molecule has 0 bridgehead atoms. The highest BCUT2D eigenvalue weighted by molar-refractivity contribution is 8.00. The summed E-state index contributed by atoms with van der Waals surface area (Å²) < 4.78 is 6.77. The number of thiazole rings is 1. The number of nitrogens with one attached hydrogen (secondary N) is 2. The number of aliphatic imine (C=N–C) groups is 1. The van der Waals surface area contributed by atoms with E-state index in [1.54, 1.807) is 30.1 Å². The maximum absolute atomic E-state index is 5.64. The summed E-state index contributed by atoms with van der Waals surface area (Å²) in [5, 5.41) is 8.68. The van der Waals surface area contributed by atoms with Crippen LogP contribution in [0.15, 0.2) is 45.2 Å². The van der Waals surface area contributed by atoms with Crippen LogP contribution in [-0.4, -0.2) is 36.9 Å². The Labute approximate surface area is 151 Å². The zero-order valence-corrected chi connectivity index (χ0v) is 15.8. The first-order valence-electron chi connectivity index (χ1n) is 8.01. The lowest BCUT2D eigenvalue weighted by molar-refractivity contribution is 0.336. The third-order valence-electron chi connectivity index (χ3n) is 3.19. The summed E-state index contributed by atoms with van der Waals surface area (Å²) in [6, 6.07) is 8.07. The number of hydrogen-bond donors (Lipinski definition) is 2. The van der Waals surface area contributed by atoms with E-state index in [9.17, 15) is 0 Å². The molecule has 24 heavy (non-hydrogen) atoms. The van der Waals surface area contributed by atoms with E-state index in [2.05, 4.69) is 26.7 Å². The Hall–Kier alpha value is -1.73. The number of hydrogen-bond acceptors (Lipinski definition) is 5. The van der Waals surface area contributed by atoms with Crippen molar-refractivity contribution in [1.82, 2.24) is 15.6 Å². The third-order valence-corrected chi connectivity index (χ3v) is 5.24. The molecule has 0 saturated heterocycles. The summed E-state index contributed by atoms with van der Waals surface area (Å²) in [6.45, 7) is 4.23. The van der Waals surface area contributed by atoms with E-state index in [1.807, 2.05) is 36.7 Å². The van der Waals surface area contributed by atoms with E-state index < -0.39 is 0 Å². The fourth-order valence-corrected chi connectivity index (χ4v) is 3.71. The zero-order chi connectivity index (χ0) is 17.0. The molecule has 0 atom stereocenters. The monoisotopic (exact) mass is 364 g/mol. The highest BCUT2D eigenvalue weighted by Gasteiger charge is 2.04. The van der Waals surface area contributed by atoms with Crippen LogP contribution in [0.2, 0.25) is 0 Å². The molecule has 130 valence electrons. The lowest BCUT2D eigenvalue weighted by atomic mass is 10.2. The van der Waals surface area contributed by atoms with Gasteiger partial charge in [-0.05, 0) is 19.4 Å². The van der Waals surface area contributed by atoms with Crippen molar-refractivity contribution in [2.45, 2.75) is 24.2 Å². The van der Waals surface area contributed by atoms with Gasteiger partial charge in [0.15, 0.2) is 5.96 Å². The largest absolute Gasteiger partial charge is 0.494 e. The Kier molecular flexibility index (Phi) is 8.48. The van der Waals surface area contributed by atoms with E-state index in [4.69, 9.17) is 4.74 Å². The highest BCUT2D eigenvalue weighted by atomic mass is 32.2. The molecule has 1 heterocycles. The molecule has 1 aromatic carbocycles. The summed E-state index contributed by atoms with van der Waals surface area (Å²) in [6.07, 6.45) is 2.90. The second kappa shape index (κ2) is 10.9. The second-order valence-electron chi connectivity index (χ2n) is 4.89. The van der Waals surface area contributed by atoms with Gasteiger partial charge in [-0.15, -0.1) is 11.3 Å². The van der Waals surface area contributed by atoms with E-state index in [0.717, 1.165) is 40.3 Å². The first-order valence-corrected chi connectivity index (χ1v) is 9.87. The topological polar surface area (TPSA) is 58.5 Å². The maximum atomic E-state index is 5.64. The van der Waals surface area contributed by atoms with Gasteiger partial charge in [-0.1, -0.05) is 30.0 Å². The molecule has 0 aliphatic carbocycles. The average Bonchev–Trinajstić information content (AvgIpc) is 3.12. The second-order valence-corrected chi connectivity index (χ2v) is 7.13. The molecule has 0 saturated carbocycles. The molecule has 0 spiro atoms. The summed E-state index contributed by atoms with van der Waals surface area (Å²) in [4.78, 5) is 8.53. The van der Waals surface area contributed by atoms with Gasteiger partial charge in [0.25, 0.3) is 0 Å². The van der Waals surface area contributed by atoms with Crippen LogP contribution < -0.4 is 15.4 Å². The van der Waals surface area contributed by atoms with Crippen LogP contribution in [0.1, 0.15) is 18.9 Å². The fraction of sp³-hybridized carbons (Fsp3) is 0.412. The standard InChI is InChI=1S/C17H24N4OS2/c1-3-22-15-8-5-4-7-14(15)13-21-16(18-2)19-9-6-11-23-17-20-10-12-24-17/h4-5,7-8,10,12H,3,6,9,11,13H2,1-2H3,(H2,18,19,21). The van der Waals surface area contributed by atoms with Crippen molar-refractivity contribution in [3.05, 3.63) is 41.4 Å². The third kappa shape index (κ3) is 6.41. The zero-order valence-electron chi connectivity index (χ0n) is 14.1. The molecule has 2 N–H and O–H groups in total. The van der Waals surface area contributed by atoms with Crippen LogP contribution >= 0.6 is 23.1 Å². The molecule has 0 amide bonds. The van der Waals surface area contributed by atoms with Crippen LogP contribution in [0.4, 0.5) is 0 Å². The molecule has 0 unspecified atom stereocenters. The van der Waals surface area contributed by atoms with Gasteiger partial charge in [0, 0.05) is 43.0 Å². The first kappa shape index (κ1) is 18.6. The average molecular weight is 365 g/mol. The van der Waals surface area contributed by atoms with Crippen LogP contribution in [-0.2, 0) is 6.54 Å². The van der Waals surface area contributed by atoms with Crippen molar-refractivity contribution in [3.63, 3.8) is 0 Å². The number of benzene rings is 1. The van der Waals surface area contributed by atoms with Gasteiger partial charge in [0.1, 0.15) is 10.1 Å². The fourth-order valence-electron chi connectivity index (χ4n) is 2.07. The molecule has 2 rings (SSSR count). The number of guanidine groups is 1. The quantitative estimate of drug-likeness (QED) is 0.309. The molecule has 0 fully saturated rings. The Morgan fingerprint density at radius 1 is 1.33 bits per heavy atom. The predicted molar refractivity (Wildman–Crippen MR) is 103 cm³/mol. The Morgan fingerprint density at radius 2 is 2.21 bits per heavy atom. The summed E-state index contributed by atoms with van der Waals surface area (Å²) in [7, 11) is 1.79. The maximum Gasteiger partial charge on any atom is 0.191 e. The Morgan fingerprint density at radius 3 is 2.96 bits per heavy atom. The van der Waals surface area contributed by atoms with Gasteiger partial charge in [0.05, 0.1) is 6.61 Å². The number of aromatic nitrogens is 1. The molecule has 7 heteroatoms.